The van der Waals surface area contributed by atoms with Gasteiger partial charge < -0.3 is 15.0 Å². The fourth-order valence-corrected chi connectivity index (χ4v) is 2.99. The van der Waals surface area contributed by atoms with E-state index >= 15 is 0 Å². The average Bonchev–Trinajstić information content (AvgIpc) is 2.68. The first-order chi connectivity index (χ1) is 12.6. The van der Waals surface area contributed by atoms with E-state index in [1.807, 2.05) is 36.4 Å². The molecular weight excluding hydrogens is 326 g/mol. The van der Waals surface area contributed by atoms with E-state index in [1.54, 1.807) is 19.4 Å². The summed E-state index contributed by atoms with van der Waals surface area (Å²) in [6, 6.07) is 11.4. The molecule has 0 radical (unpaired) electrons. The van der Waals surface area contributed by atoms with Gasteiger partial charge in [-0.1, -0.05) is 19.1 Å². The van der Waals surface area contributed by atoms with Crippen molar-refractivity contribution < 1.29 is 9.53 Å². The fraction of sp³-hybridized carbons (Fsp3) is 0.333. The zero-order valence-electron chi connectivity index (χ0n) is 15.3. The second-order valence-electron chi connectivity index (χ2n) is 6.67. The Balaban J connectivity index is 1.56. The van der Waals surface area contributed by atoms with Crippen LogP contribution < -0.4 is 15.0 Å². The summed E-state index contributed by atoms with van der Waals surface area (Å²) in [5.41, 5.74) is 1.60. The molecule has 1 amide bonds. The number of rotatable bonds is 5. The highest BCUT2D eigenvalue weighted by molar-refractivity contribution is 6.01. The van der Waals surface area contributed by atoms with Crippen LogP contribution in [0, 0.1) is 5.92 Å². The number of anilines is 2. The van der Waals surface area contributed by atoms with Crippen LogP contribution in [0.5, 0.6) is 5.75 Å². The van der Waals surface area contributed by atoms with Crippen molar-refractivity contribution in [3.63, 3.8) is 0 Å². The zero-order valence-corrected chi connectivity index (χ0v) is 15.3. The lowest BCUT2D eigenvalue weighted by molar-refractivity contribution is -0.111. The molecule has 136 valence electrons. The SMILES string of the molecule is COc1cccc(/C=C/C(=O)Nc2ccc(N3CCC(C)CC3)nc2)c1. The Hall–Kier alpha value is -2.82. The number of ether oxygens (including phenoxy) is 1. The number of carbonyl (C=O) groups is 1. The van der Waals surface area contributed by atoms with Crippen LogP contribution in [-0.4, -0.2) is 31.1 Å². The number of pyridine rings is 1. The van der Waals surface area contributed by atoms with E-state index in [0.717, 1.165) is 36.1 Å². The van der Waals surface area contributed by atoms with Gasteiger partial charge in [0.2, 0.25) is 5.91 Å². The van der Waals surface area contributed by atoms with Gasteiger partial charge >= 0.3 is 0 Å². The van der Waals surface area contributed by atoms with Crippen LogP contribution >= 0.6 is 0 Å². The lowest BCUT2D eigenvalue weighted by Gasteiger charge is -2.31. The number of amides is 1. The summed E-state index contributed by atoms with van der Waals surface area (Å²) in [5.74, 6) is 2.34. The van der Waals surface area contributed by atoms with Crippen molar-refractivity contribution in [3.05, 3.63) is 54.2 Å². The summed E-state index contributed by atoms with van der Waals surface area (Å²) in [7, 11) is 1.62. The highest BCUT2D eigenvalue weighted by Crippen LogP contribution is 2.22. The number of hydrogen-bond donors (Lipinski definition) is 1. The largest absolute Gasteiger partial charge is 0.497 e. The van der Waals surface area contributed by atoms with Crippen molar-refractivity contribution in [2.45, 2.75) is 19.8 Å². The minimum absolute atomic E-state index is 0.186. The van der Waals surface area contributed by atoms with Gasteiger partial charge in [0.1, 0.15) is 11.6 Å². The smallest absolute Gasteiger partial charge is 0.248 e. The third kappa shape index (κ3) is 4.85. The second-order valence-corrected chi connectivity index (χ2v) is 6.67. The predicted molar refractivity (Wildman–Crippen MR) is 106 cm³/mol. The molecule has 5 heteroatoms. The standard InChI is InChI=1S/C21H25N3O2/c1-16-10-12-24(13-11-16)20-8-7-18(15-22-20)23-21(25)9-6-17-4-3-5-19(14-17)26-2/h3-9,14-16H,10-13H2,1-2H3,(H,23,25)/b9-6+. The van der Waals surface area contributed by atoms with Crippen LogP contribution in [0.15, 0.2) is 48.7 Å². The molecule has 1 saturated heterocycles. The maximum atomic E-state index is 12.1. The number of hydrogen-bond acceptors (Lipinski definition) is 4. The van der Waals surface area contributed by atoms with E-state index in [1.165, 1.54) is 18.9 Å². The molecule has 1 N–H and O–H groups in total. The molecule has 0 unspecified atom stereocenters. The van der Waals surface area contributed by atoms with Crippen molar-refractivity contribution >= 4 is 23.5 Å². The molecule has 1 aromatic heterocycles. The van der Waals surface area contributed by atoms with Crippen LogP contribution in [0.4, 0.5) is 11.5 Å². The number of aromatic nitrogens is 1. The van der Waals surface area contributed by atoms with Gasteiger partial charge in [-0.3, -0.25) is 4.79 Å². The molecule has 1 aliphatic rings. The summed E-state index contributed by atoms with van der Waals surface area (Å²) in [5, 5.41) is 2.84. The maximum absolute atomic E-state index is 12.1. The zero-order chi connectivity index (χ0) is 18.4. The lowest BCUT2D eigenvalue weighted by Crippen LogP contribution is -2.33. The fourth-order valence-electron chi connectivity index (χ4n) is 2.99. The third-order valence-electron chi connectivity index (χ3n) is 4.64. The van der Waals surface area contributed by atoms with Gasteiger partial charge in [-0.25, -0.2) is 4.98 Å². The number of nitrogens with one attached hydrogen (secondary N) is 1. The van der Waals surface area contributed by atoms with Crippen molar-refractivity contribution in [1.82, 2.24) is 4.98 Å². The molecule has 5 nitrogen and oxygen atoms in total. The predicted octanol–water partition coefficient (Wildman–Crippen LogP) is 3.98. The van der Waals surface area contributed by atoms with E-state index < -0.39 is 0 Å². The van der Waals surface area contributed by atoms with Gasteiger partial charge in [0.05, 0.1) is 19.0 Å². The highest BCUT2D eigenvalue weighted by atomic mass is 16.5. The Bertz CT molecular complexity index is 763. The van der Waals surface area contributed by atoms with E-state index in [4.69, 9.17) is 4.74 Å². The maximum Gasteiger partial charge on any atom is 0.248 e. The van der Waals surface area contributed by atoms with Gasteiger partial charge in [-0.15, -0.1) is 0 Å². The van der Waals surface area contributed by atoms with Crippen molar-refractivity contribution in [2.24, 2.45) is 5.92 Å². The second kappa shape index (κ2) is 8.52. The monoisotopic (exact) mass is 351 g/mol. The lowest BCUT2D eigenvalue weighted by atomic mass is 9.99. The number of nitrogens with zero attached hydrogens (tertiary/aromatic N) is 2. The molecule has 2 aromatic rings. The van der Waals surface area contributed by atoms with Gasteiger partial charge in [-0.05, 0) is 54.7 Å². The molecule has 3 rings (SSSR count). The van der Waals surface area contributed by atoms with Gasteiger partial charge in [0, 0.05) is 19.2 Å². The first-order valence-electron chi connectivity index (χ1n) is 8.98. The van der Waals surface area contributed by atoms with Crippen LogP contribution in [0.2, 0.25) is 0 Å². The Labute approximate surface area is 154 Å². The van der Waals surface area contributed by atoms with Gasteiger partial charge in [-0.2, -0.15) is 0 Å². The average molecular weight is 351 g/mol. The summed E-state index contributed by atoms with van der Waals surface area (Å²) in [6.07, 6.45) is 7.39. The minimum atomic E-state index is -0.186. The Morgan fingerprint density at radius 2 is 2.08 bits per heavy atom. The molecule has 0 bridgehead atoms. The summed E-state index contributed by atoms with van der Waals surface area (Å²) < 4.78 is 5.18. The first kappa shape index (κ1) is 18.0. The molecule has 0 aliphatic carbocycles. The molecule has 1 aromatic carbocycles. The van der Waals surface area contributed by atoms with Gasteiger partial charge in [0.15, 0.2) is 0 Å². The first-order valence-corrected chi connectivity index (χ1v) is 8.98. The minimum Gasteiger partial charge on any atom is -0.497 e. The normalized spacial score (nSPS) is 15.2. The van der Waals surface area contributed by atoms with Crippen molar-refractivity contribution in [3.8, 4) is 5.75 Å². The molecule has 26 heavy (non-hydrogen) atoms. The highest BCUT2D eigenvalue weighted by Gasteiger charge is 2.16. The molecule has 0 spiro atoms. The van der Waals surface area contributed by atoms with E-state index in [-0.39, 0.29) is 5.91 Å². The molecule has 0 saturated carbocycles. The Morgan fingerprint density at radius 1 is 1.27 bits per heavy atom. The Kier molecular flexibility index (Phi) is 5.89. The van der Waals surface area contributed by atoms with Crippen LogP contribution in [0.3, 0.4) is 0 Å². The van der Waals surface area contributed by atoms with Crippen LogP contribution in [0.1, 0.15) is 25.3 Å². The summed E-state index contributed by atoms with van der Waals surface area (Å²) in [4.78, 5) is 18.9. The van der Waals surface area contributed by atoms with Crippen molar-refractivity contribution in [2.75, 3.05) is 30.4 Å². The Morgan fingerprint density at radius 3 is 2.77 bits per heavy atom. The van der Waals surface area contributed by atoms with E-state index in [2.05, 4.69) is 22.1 Å². The van der Waals surface area contributed by atoms with Gasteiger partial charge in [0.25, 0.3) is 0 Å². The van der Waals surface area contributed by atoms with E-state index in [9.17, 15) is 4.79 Å². The van der Waals surface area contributed by atoms with Crippen LogP contribution in [0.25, 0.3) is 6.08 Å². The summed E-state index contributed by atoms with van der Waals surface area (Å²) >= 11 is 0. The number of carbonyl (C=O) groups excluding carboxylic acids is 1. The third-order valence-corrected chi connectivity index (χ3v) is 4.64. The topological polar surface area (TPSA) is 54.5 Å². The molecule has 1 fully saturated rings. The molecule has 2 heterocycles. The molecule has 1 aliphatic heterocycles. The van der Waals surface area contributed by atoms with Crippen molar-refractivity contribution in [1.29, 1.82) is 0 Å². The quantitative estimate of drug-likeness (QED) is 0.828. The van der Waals surface area contributed by atoms with Crippen LogP contribution in [-0.2, 0) is 4.79 Å². The number of benzene rings is 1. The number of piperidine rings is 1. The van der Waals surface area contributed by atoms with E-state index in [0.29, 0.717) is 5.69 Å². The molecule has 0 atom stereocenters. The number of methoxy groups -OCH3 is 1. The molecular formula is C21H25N3O2. The summed E-state index contributed by atoms with van der Waals surface area (Å²) in [6.45, 7) is 4.38.